The lowest BCUT2D eigenvalue weighted by molar-refractivity contribution is 0.102. The van der Waals surface area contributed by atoms with Crippen LogP contribution < -0.4 is 16.4 Å². The minimum atomic E-state index is -0.864. The number of hydrogen-bond donors (Lipinski definition) is 2. The highest BCUT2D eigenvalue weighted by atomic mass is 32.1. The van der Waals surface area contributed by atoms with Gasteiger partial charge in [0.2, 0.25) is 0 Å². The number of benzene rings is 1. The van der Waals surface area contributed by atoms with Gasteiger partial charge in [-0.05, 0) is 30.3 Å². The third kappa shape index (κ3) is 3.94. The highest BCUT2D eigenvalue weighted by Crippen LogP contribution is 2.35. The van der Waals surface area contributed by atoms with Crippen LogP contribution in [0.5, 0.6) is 0 Å². The highest BCUT2D eigenvalue weighted by Gasteiger charge is 2.18. The van der Waals surface area contributed by atoms with Gasteiger partial charge in [-0.1, -0.05) is 6.07 Å². The number of carbonyl (C=O) groups excluding carboxylic acids is 1. The fraction of sp³-hybridized carbons (Fsp3) is 0.100. The van der Waals surface area contributed by atoms with Gasteiger partial charge in [-0.3, -0.25) is 4.79 Å². The molecule has 0 fully saturated rings. The maximum atomic E-state index is 13.8. The second-order valence-corrected chi connectivity index (χ2v) is 7.47. The van der Waals surface area contributed by atoms with E-state index >= 15 is 0 Å². The summed E-state index contributed by atoms with van der Waals surface area (Å²) in [5.74, 6) is -2.35. The molecule has 0 aliphatic heterocycles. The van der Waals surface area contributed by atoms with Crippen LogP contribution in [-0.4, -0.2) is 27.7 Å². The quantitative estimate of drug-likeness (QED) is 0.487. The molecule has 0 aliphatic carbocycles. The number of aryl methyl sites for hydroxylation is 1. The van der Waals surface area contributed by atoms with E-state index in [9.17, 15) is 18.4 Å². The lowest BCUT2D eigenvalue weighted by Crippen LogP contribution is -2.12. The minimum Gasteiger partial charge on any atom is -0.388 e. The van der Waals surface area contributed by atoms with Gasteiger partial charge in [0.05, 0.1) is 10.4 Å². The van der Waals surface area contributed by atoms with Crippen molar-refractivity contribution >= 4 is 28.7 Å². The maximum Gasteiger partial charge on any atom is 0.437 e. The van der Waals surface area contributed by atoms with Gasteiger partial charge in [0, 0.05) is 30.7 Å². The molecule has 0 atom stereocenters. The van der Waals surface area contributed by atoms with Crippen LogP contribution in [0.15, 0.2) is 51.8 Å². The molecule has 158 valence electrons. The number of carbonyl (C=O) groups is 1. The highest BCUT2D eigenvalue weighted by molar-refractivity contribution is 7.17. The van der Waals surface area contributed by atoms with Crippen molar-refractivity contribution in [1.29, 1.82) is 0 Å². The van der Waals surface area contributed by atoms with Crippen molar-refractivity contribution in [2.75, 3.05) is 17.7 Å². The second kappa shape index (κ2) is 8.11. The number of anilines is 2. The van der Waals surface area contributed by atoms with Crippen LogP contribution in [0.3, 0.4) is 0 Å². The van der Waals surface area contributed by atoms with Gasteiger partial charge >= 0.3 is 5.76 Å². The predicted octanol–water partition coefficient (Wildman–Crippen LogP) is 3.74. The number of para-hydroxylation sites is 1. The maximum absolute atomic E-state index is 13.8. The lowest BCUT2D eigenvalue weighted by Gasteiger charge is -2.08. The van der Waals surface area contributed by atoms with Gasteiger partial charge in [-0.15, -0.1) is 16.4 Å². The summed E-state index contributed by atoms with van der Waals surface area (Å²) >= 11 is 1.11. The average molecular weight is 443 g/mol. The molecule has 4 aromatic rings. The molecule has 0 saturated carbocycles. The van der Waals surface area contributed by atoms with E-state index in [2.05, 4.69) is 20.7 Å². The Morgan fingerprint density at radius 1 is 1.19 bits per heavy atom. The fourth-order valence-electron chi connectivity index (χ4n) is 2.83. The Balaban J connectivity index is 1.67. The first-order valence-corrected chi connectivity index (χ1v) is 9.77. The normalized spacial score (nSPS) is 10.8. The summed E-state index contributed by atoms with van der Waals surface area (Å²) in [5, 5.41) is 9.24. The molecule has 1 aromatic carbocycles. The number of pyridine rings is 1. The first kappa shape index (κ1) is 20.4. The number of aromatic nitrogens is 3. The Kier molecular flexibility index (Phi) is 5.34. The number of hydrogen-bond acceptors (Lipinski definition) is 7. The Morgan fingerprint density at radius 2 is 1.94 bits per heavy atom. The van der Waals surface area contributed by atoms with Gasteiger partial charge < -0.3 is 15.1 Å². The summed E-state index contributed by atoms with van der Waals surface area (Å²) in [6, 6.07) is 8.28. The molecule has 0 aliphatic rings. The summed E-state index contributed by atoms with van der Waals surface area (Å²) in [6.07, 6.45) is 1.50. The standard InChI is InChI=1S/C20H15F2N5O3S/c1-23-17-11(8-10(9-24-17)19-26-27(2)20(29)30-19)14-6-7-15(31-14)18(28)25-16-12(21)4-3-5-13(16)22/h3-9H,1-2H3,(H,23,24)(H,25,28). The summed E-state index contributed by atoms with van der Waals surface area (Å²) in [7, 11) is 3.16. The largest absolute Gasteiger partial charge is 0.437 e. The van der Waals surface area contributed by atoms with Crippen LogP contribution in [0, 0.1) is 11.6 Å². The van der Waals surface area contributed by atoms with E-state index < -0.39 is 29.0 Å². The first-order valence-electron chi connectivity index (χ1n) is 8.95. The fourth-order valence-corrected chi connectivity index (χ4v) is 3.75. The molecular weight excluding hydrogens is 428 g/mol. The van der Waals surface area contributed by atoms with Crippen molar-refractivity contribution < 1.29 is 18.0 Å². The van der Waals surface area contributed by atoms with Crippen molar-refractivity contribution in [3.05, 3.63) is 69.7 Å². The number of amides is 1. The molecule has 0 unspecified atom stereocenters. The van der Waals surface area contributed by atoms with Crippen LogP contribution in [0.1, 0.15) is 9.67 Å². The zero-order chi connectivity index (χ0) is 22.1. The minimum absolute atomic E-state index is 0.105. The van der Waals surface area contributed by atoms with Crippen LogP contribution in [0.25, 0.3) is 21.9 Å². The Bertz CT molecular complexity index is 1320. The monoisotopic (exact) mass is 443 g/mol. The zero-order valence-corrected chi connectivity index (χ0v) is 17.1. The number of nitrogens with zero attached hydrogens (tertiary/aromatic N) is 3. The third-order valence-corrected chi connectivity index (χ3v) is 5.47. The molecule has 0 saturated heterocycles. The van der Waals surface area contributed by atoms with Gasteiger partial charge in [-0.25, -0.2) is 18.6 Å². The predicted molar refractivity (Wildman–Crippen MR) is 112 cm³/mol. The molecule has 8 nitrogen and oxygen atoms in total. The molecule has 1 amide bonds. The van der Waals surface area contributed by atoms with Crippen molar-refractivity contribution in [3.8, 4) is 21.9 Å². The summed E-state index contributed by atoms with van der Waals surface area (Å²) in [4.78, 5) is 29.3. The molecule has 3 aromatic heterocycles. The van der Waals surface area contributed by atoms with Crippen molar-refractivity contribution in [2.45, 2.75) is 0 Å². The van der Waals surface area contributed by atoms with Crippen LogP contribution in [0.2, 0.25) is 0 Å². The molecular formula is C20H15F2N5O3S. The van der Waals surface area contributed by atoms with Gasteiger partial charge in [0.15, 0.2) is 0 Å². The van der Waals surface area contributed by atoms with Crippen molar-refractivity contribution in [3.63, 3.8) is 0 Å². The smallest absolute Gasteiger partial charge is 0.388 e. The Labute approximate surface area is 178 Å². The molecule has 4 rings (SSSR count). The van der Waals surface area contributed by atoms with Crippen LogP contribution in [0.4, 0.5) is 20.3 Å². The third-order valence-electron chi connectivity index (χ3n) is 4.36. The van der Waals surface area contributed by atoms with Crippen molar-refractivity contribution in [1.82, 2.24) is 14.8 Å². The lowest BCUT2D eigenvalue weighted by atomic mass is 10.1. The zero-order valence-electron chi connectivity index (χ0n) is 16.3. The van der Waals surface area contributed by atoms with Gasteiger partial charge in [0.1, 0.15) is 23.1 Å². The number of nitrogens with one attached hydrogen (secondary N) is 2. The number of rotatable bonds is 5. The average Bonchev–Trinajstić information content (AvgIpc) is 3.37. The van der Waals surface area contributed by atoms with Crippen LogP contribution >= 0.6 is 11.3 Å². The van der Waals surface area contributed by atoms with E-state index in [1.54, 1.807) is 25.2 Å². The molecule has 11 heteroatoms. The molecule has 0 spiro atoms. The molecule has 0 bridgehead atoms. The van der Waals surface area contributed by atoms with Gasteiger partial charge in [-0.2, -0.15) is 4.68 Å². The molecule has 3 heterocycles. The number of thiophene rings is 1. The van der Waals surface area contributed by atoms with Crippen molar-refractivity contribution in [2.24, 2.45) is 7.05 Å². The van der Waals surface area contributed by atoms with Gasteiger partial charge in [0.25, 0.3) is 11.8 Å². The molecule has 0 radical (unpaired) electrons. The SMILES string of the molecule is CNc1ncc(-c2nn(C)c(=O)o2)cc1-c1ccc(C(=O)Nc2c(F)cccc2F)s1. The number of halogens is 2. The molecule has 2 N–H and O–H groups in total. The van der Waals surface area contributed by atoms with E-state index in [0.29, 0.717) is 21.8 Å². The first-order chi connectivity index (χ1) is 14.9. The van der Waals surface area contributed by atoms with E-state index in [0.717, 1.165) is 28.2 Å². The summed E-state index contributed by atoms with van der Waals surface area (Å²) < 4.78 is 33.8. The van der Waals surface area contributed by atoms with Crippen LogP contribution in [-0.2, 0) is 7.05 Å². The Hall–Kier alpha value is -3.86. The topological polar surface area (TPSA) is 102 Å². The molecule has 31 heavy (non-hydrogen) atoms. The second-order valence-electron chi connectivity index (χ2n) is 6.38. The summed E-state index contributed by atoms with van der Waals surface area (Å²) in [5.41, 5.74) is 0.598. The Morgan fingerprint density at radius 3 is 2.58 bits per heavy atom. The van der Waals surface area contributed by atoms with E-state index in [1.165, 1.54) is 19.3 Å². The van der Waals surface area contributed by atoms with E-state index in [1.807, 2.05) is 0 Å². The van der Waals surface area contributed by atoms with E-state index in [4.69, 9.17) is 4.42 Å². The van der Waals surface area contributed by atoms with E-state index in [-0.39, 0.29) is 10.8 Å². The summed E-state index contributed by atoms with van der Waals surface area (Å²) in [6.45, 7) is 0.